The number of aromatic nitrogens is 2. The highest BCUT2D eigenvalue weighted by Gasteiger charge is 2.14. The van der Waals surface area contributed by atoms with Crippen LogP contribution >= 0.6 is 0 Å². The number of imidazole rings is 1. The number of hydrogen-bond donors (Lipinski definition) is 1. The molecule has 1 aromatic heterocycles. The molecule has 0 saturated carbocycles. The first kappa shape index (κ1) is 17.5. The first-order valence-corrected chi connectivity index (χ1v) is 8.61. The van der Waals surface area contributed by atoms with Crippen molar-refractivity contribution in [1.29, 1.82) is 0 Å². The molecule has 28 heavy (non-hydrogen) atoms. The molecule has 3 aromatic rings. The van der Waals surface area contributed by atoms with Gasteiger partial charge in [0.2, 0.25) is 18.5 Å². The summed E-state index contributed by atoms with van der Waals surface area (Å²) in [6.45, 7) is 0.210. The molecule has 0 unspecified atom stereocenters. The van der Waals surface area contributed by atoms with Crippen LogP contribution in [0.15, 0.2) is 60.9 Å². The Kier molecular flexibility index (Phi) is 4.63. The molecule has 1 aliphatic rings. The minimum absolute atomic E-state index is 0.173. The fourth-order valence-electron chi connectivity index (χ4n) is 2.79. The Morgan fingerprint density at radius 1 is 1.11 bits per heavy atom. The predicted molar refractivity (Wildman–Crippen MR) is 103 cm³/mol. The first-order chi connectivity index (χ1) is 13.6. The number of rotatable bonds is 5. The second-order valence-electron chi connectivity index (χ2n) is 6.20. The lowest BCUT2D eigenvalue weighted by Crippen LogP contribution is -2.10. The van der Waals surface area contributed by atoms with Crippen LogP contribution in [-0.2, 0) is 11.8 Å². The standard InChI is InChI=1S/C21H17N3O4/c1-24-11-10-22-21(24)20(26)15-4-6-16(7-5-15)23-19(25)9-3-14-2-8-17-18(12-14)28-13-27-17/h2-12H,13H2,1H3,(H,23,25). The Morgan fingerprint density at radius 2 is 1.89 bits per heavy atom. The zero-order chi connectivity index (χ0) is 19.5. The smallest absolute Gasteiger partial charge is 0.248 e. The quantitative estimate of drug-likeness (QED) is 0.548. The summed E-state index contributed by atoms with van der Waals surface area (Å²) in [5.74, 6) is 1.27. The number of ether oxygens (including phenoxy) is 2. The number of anilines is 1. The minimum Gasteiger partial charge on any atom is -0.454 e. The average molecular weight is 375 g/mol. The third kappa shape index (κ3) is 3.64. The number of ketones is 1. The zero-order valence-electron chi connectivity index (χ0n) is 15.1. The summed E-state index contributed by atoms with van der Waals surface area (Å²) in [7, 11) is 1.77. The van der Waals surface area contributed by atoms with Crippen molar-refractivity contribution in [1.82, 2.24) is 9.55 Å². The third-order valence-electron chi connectivity index (χ3n) is 4.26. The molecular formula is C21H17N3O4. The van der Waals surface area contributed by atoms with Crippen molar-refractivity contribution >= 4 is 23.5 Å². The van der Waals surface area contributed by atoms with Gasteiger partial charge in [-0.25, -0.2) is 4.98 Å². The Balaban J connectivity index is 1.39. The van der Waals surface area contributed by atoms with Crippen LogP contribution in [-0.4, -0.2) is 28.0 Å². The van der Waals surface area contributed by atoms with Gasteiger partial charge in [-0.05, 0) is 48.0 Å². The van der Waals surface area contributed by atoms with Crippen molar-refractivity contribution in [2.45, 2.75) is 0 Å². The van der Waals surface area contributed by atoms with Crippen LogP contribution < -0.4 is 14.8 Å². The normalized spacial score (nSPS) is 12.3. The topological polar surface area (TPSA) is 82.5 Å². The summed E-state index contributed by atoms with van der Waals surface area (Å²) >= 11 is 0. The largest absolute Gasteiger partial charge is 0.454 e. The van der Waals surface area contributed by atoms with E-state index in [0.717, 1.165) is 5.56 Å². The summed E-state index contributed by atoms with van der Waals surface area (Å²) < 4.78 is 12.2. The van der Waals surface area contributed by atoms with E-state index in [4.69, 9.17) is 9.47 Å². The lowest BCUT2D eigenvalue weighted by Gasteiger charge is -2.05. The zero-order valence-corrected chi connectivity index (χ0v) is 15.1. The van der Waals surface area contributed by atoms with Crippen LogP contribution in [0.25, 0.3) is 6.08 Å². The second kappa shape index (κ2) is 7.40. The van der Waals surface area contributed by atoms with Gasteiger partial charge in [0.15, 0.2) is 17.3 Å². The molecule has 0 aliphatic carbocycles. The van der Waals surface area contributed by atoms with Crippen LogP contribution in [0.1, 0.15) is 21.7 Å². The van der Waals surface area contributed by atoms with E-state index in [1.54, 1.807) is 60.4 Å². The third-order valence-corrected chi connectivity index (χ3v) is 4.26. The molecule has 0 radical (unpaired) electrons. The van der Waals surface area contributed by atoms with Gasteiger partial charge in [0.05, 0.1) is 0 Å². The van der Waals surface area contributed by atoms with Crippen LogP contribution in [0.4, 0.5) is 5.69 Å². The molecule has 0 fully saturated rings. The van der Waals surface area contributed by atoms with Crippen molar-refractivity contribution in [2.24, 2.45) is 7.05 Å². The molecule has 2 heterocycles. The number of carbonyl (C=O) groups excluding carboxylic acids is 2. The van der Waals surface area contributed by atoms with E-state index in [0.29, 0.717) is 28.6 Å². The second-order valence-corrected chi connectivity index (χ2v) is 6.20. The van der Waals surface area contributed by atoms with E-state index in [9.17, 15) is 9.59 Å². The van der Waals surface area contributed by atoms with Gasteiger partial charge in [-0.3, -0.25) is 9.59 Å². The number of nitrogens with zero attached hydrogens (tertiary/aromatic N) is 2. The Hall–Kier alpha value is -3.87. The molecule has 0 atom stereocenters. The van der Waals surface area contributed by atoms with Crippen LogP contribution in [0.3, 0.4) is 0 Å². The number of fused-ring (bicyclic) bond motifs is 1. The highest BCUT2D eigenvalue weighted by Crippen LogP contribution is 2.32. The summed E-state index contributed by atoms with van der Waals surface area (Å²) in [4.78, 5) is 28.6. The Morgan fingerprint density at radius 3 is 2.64 bits per heavy atom. The van der Waals surface area contributed by atoms with E-state index in [-0.39, 0.29) is 18.5 Å². The van der Waals surface area contributed by atoms with Crippen molar-refractivity contribution in [3.63, 3.8) is 0 Å². The summed E-state index contributed by atoms with van der Waals surface area (Å²) in [6, 6.07) is 12.1. The maximum atomic E-state index is 12.4. The molecule has 1 amide bonds. The molecule has 0 saturated heterocycles. The van der Waals surface area contributed by atoms with Crippen molar-refractivity contribution in [3.8, 4) is 11.5 Å². The fourth-order valence-corrected chi connectivity index (χ4v) is 2.79. The minimum atomic E-state index is -0.277. The van der Waals surface area contributed by atoms with E-state index >= 15 is 0 Å². The van der Waals surface area contributed by atoms with E-state index < -0.39 is 0 Å². The fraction of sp³-hybridized carbons (Fsp3) is 0.0952. The monoisotopic (exact) mass is 375 g/mol. The maximum Gasteiger partial charge on any atom is 0.248 e. The molecule has 1 N–H and O–H groups in total. The summed E-state index contributed by atoms with van der Waals surface area (Å²) in [5, 5.41) is 2.76. The molecule has 7 heteroatoms. The average Bonchev–Trinajstić information content (AvgIpc) is 3.34. The van der Waals surface area contributed by atoms with Gasteiger partial charge in [0.25, 0.3) is 0 Å². The summed E-state index contributed by atoms with van der Waals surface area (Å²) in [6.07, 6.45) is 6.42. The SMILES string of the molecule is Cn1ccnc1C(=O)c1ccc(NC(=O)C=Cc2ccc3c(c2)OCO3)cc1. The van der Waals surface area contributed by atoms with Crippen LogP contribution in [0, 0.1) is 0 Å². The molecule has 4 rings (SSSR count). The van der Waals surface area contributed by atoms with Crippen LogP contribution in [0.5, 0.6) is 11.5 Å². The lowest BCUT2D eigenvalue weighted by atomic mass is 10.1. The van der Waals surface area contributed by atoms with Gasteiger partial charge < -0.3 is 19.4 Å². The van der Waals surface area contributed by atoms with E-state index in [1.165, 1.54) is 6.08 Å². The number of amides is 1. The van der Waals surface area contributed by atoms with Crippen molar-refractivity contribution < 1.29 is 19.1 Å². The highest BCUT2D eigenvalue weighted by atomic mass is 16.7. The van der Waals surface area contributed by atoms with E-state index in [2.05, 4.69) is 10.3 Å². The number of nitrogens with one attached hydrogen (secondary N) is 1. The predicted octanol–water partition coefficient (Wildman–Crippen LogP) is 3.03. The maximum absolute atomic E-state index is 12.4. The highest BCUT2D eigenvalue weighted by molar-refractivity contribution is 6.07. The summed E-state index contributed by atoms with van der Waals surface area (Å²) in [5.41, 5.74) is 1.93. The van der Waals surface area contributed by atoms with Gasteiger partial charge in [-0.15, -0.1) is 0 Å². The molecule has 2 aromatic carbocycles. The van der Waals surface area contributed by atoms with Gasteiger partial charge in [0, 0.05) is 36.8 Å². The number of hydrogen-bond acceptors (Lipinski definition) is 5. The Labute approximate surface area is 161 Å². The first-order valence-electron chi connectivity index (χ1n) is 8.61. The van der Waals surface area contributed by atoms with Crippen molar-refractivity contribution in [2.75, 3.05) is 12.1 Å². The molecular weight excluding hydrogens is 358 g/mol. The molecule has 7 nitrogen and oxygen atoms in total. The van der Waals surface area contributed by atoms with Gasteiger partial charge in [-0.2, -0.15) is 0 Å². The number of aryl methyl sites for hydroxylation is 1. The van der Waals surface area contributed by atoms with Gasteiger partial charge in [0.1, 0.15) is 0 Å². The van der Waals surface area contributed by atoms with Gasteiger partial charge >= 0.3 is 0 Å². The molecule has 0 spiro atoms. The molecule has 140 valence electrons. The number of benzene rings is 2. The molecule has 0 bridgehead atoms. The van der Waals surface area contributed by atoms with E-state index in [1.807, 2.05) is 12.1 Å². The Bertz CT molecular complexity index is 1070. The lowest BCUT2D eigenvalue weighted by molar-refractivity contribution is -0.111. The van der Waals surface area contributed by atoms with Gasteiger partial charge in [-0.1, -0.05) is 6.07 Å². The molecule has 1 aliphatic heterocycles. The number of carbonyl (C=O) groups is 2. The van der Waals surface area contributed by atoms with Crippen molar-refractivity contribution in [3.05, 3.63) is 77.9 Å². The van der Waals surface area contributed by atoms with Crippen LogP contribution in [0.2, 0.25) is 0 Å².